The number of hydrogen-bond acceptors (Lipinski definition) is 9. The molecule has 198 valence electrons. The number of carbonyl (C=O) groups is 1. The standard InChI is InChI=1S/C27H24ClN7O4/c1-34-12-11-18-13-21-24(39-15-38-21)25(37-2)22(18)23(34)26-30-32-33-35(26)20-9-5-17(6-10-20)27(36)31-29-14-16-3-7-19(28)8-4-16/h3-10,13-14,23H,11-12,15H2,1-2H3,(H,31,36)/t23-/m0/s1. The summed E-state index contributed by atoms with van der Waals surface area (Å²) in [5.74, 6) is 2.16. The average molecular weight is 546 g/mol. The summed E-state index contributed by atoms with van der Waals surface area (Å²) in [4.78, 5) is 14.8. The number of hydrazone groups is 1. The molecule has 0 bridgehead atoms. The van der Waals surface area contributed by atoms with Crippen LogP contribution >= 0.6 is 11.6 Å². The van der Waals surface area contributed by atoms with Gasteiger partial charge in [0.1, 0.15) is 6.04 Å². The van der Waals surface area contributed by atoms with Crippen LogP contribution in [0.25, 0.3) is 5.69 Å². The molecule has 12 heteroatoms. The van der Waals surface area contributed by atoms with Crippen LogP contribution in [-0.2, 0) is 6.42 Å². The van der Waals surface area contributed by atoms with E-state index < -0.39 is 0 Å². The van der Waals surface area contributed by atoms with Crippen LogP contribution in [-0.4, -0.2) is 64.7 Å². The van der Waals surface area contributed by atoms with Gasteiger partial charge in [-0.05, 0) is 77.5 Å². The summed E-state index contributed by atoms with van der Waals surface area (Å²) in [6.45, 7) is 0.947. The number of carbonyl (C=O) groups excluding carboxylic acids is 1. The van der Waals surface area contributed by atoms with Crippen LogP contribution in [0, 0.1) is 0 Å². The van der Waals surface area contributed by atoms with Crippen molar-refractivity contribution in [2.45, 2.75) is 12.5 Å². The molecule has 2 aliphatic rings. The van der Waals surface area contributed by atoms with E-state index in [1.165, 1.54) is 0 Å². The van der Waals surface area contributed by atoms with Gasteiger partial charge in [0.25, 0.3) is 5.91 Å². The first-order valence-corrected chi connectivity index (χ1v) is 12.6. The van der Waals surface area contributed by atoms with Crippen LogP contribution in [0.4, 0.5) is 0 Å². The molecule has 39 heavy (non-hydrogen) atoms. The molecule has 1 aromatic heterocycles. The molecule has 1 amide bonds. The first-order valence-electron chi connectivity index (χ1n) is 12.2. The van der Waals surface area contributed by atoms with Gasteiger partial charge in [-0.25, -0.2) is 5.43 Å². The largest absolute Gasteiger partial charge is 0.492 e. The molecule has 0 saturated heterocycles. The molecule has 0 fully saturated rings. The first kappa shape index (κ1) is 24.8. The van der Waals surface area contributed by atoms with E-state index in [-0.39, 0.29) is 18.7 Å². The number of aromatic nitrogens is 4. The SMILES string of the molecule is COc1c2c(cc3c1[C@@H](c1nnnn1-c1ccc(C(=O)NN=Cc4ccc(Cl)cc4)cc1)N(C)CC3)OCO2. The third-order valence-electron chi connectivity index (χ3n) is 6.76. The number of nitrogens with zero attached hydrogens (tertiary/aromatic N) is 6. The lowest BCUT2D eigenvalue weighted by Crippen LogP contribution is -2.35. The van der Waals surface area contributed by atoms with Crippen LogP contribution < -0.4 is 19.6 Å². The molecule has 3 heterocycles. The number of ether oxygens (including phenoxy) is 3. The van der Waals surface area contributed by atoms with Crippen molar-refractivity contribution in [3.63, 3.8) is 0 Å². The van der Waals surface area contributed by atoms with Crippen molar-refractivity contribution >= 4 is 23.7 Å². The summed E-state index contributed by atoms with van der Waals surface area (Å²) in [7, 11) is 3.64. The van der Waals surface area contributed by atoms with Gasteiger partial charge in [-0.2, -0.15) is 9.78 Å². The van der Waals surface area contributed by atoms with Gasteiger partial charge in [-0.3, -0.25) is 9.69 Å². The highest BCUT2D eigenvalue weighted by atomic mass is 35.5. The fraction of sp³-hybridized carbons (Fsp3) is 0.222. The Labute approximate surface area is 228 Å². The van der Waals surface area contributed by atoms with Crippen molar-refractivity contribution in [3.05, 3.63) is 87.7 Å². The maximum atomic E-state index is 12.6. The van der Waals surface area contributed by atoms with Gasteiger partial charge in [0.2, 0.25) is 12.5 Å². The fourth-order valence-electron chi connectivity index (χ4n) is 4.84. The zero-order valence-corrected chi connectivity index (χ0v) is 21.9. The van der Waals surface area contributed by atoms with Crippen molar-refractivity contribution in [1.29, 1.82) is 0 Å². The Kier molecular flexibility index (Phi) is 6.59. The number of rotatable bonds is 6. The lowest BCUT2D eigenvalue weighted by atomic mass is 9.90. The van der Waals surface area contributed by atoms with Gasteiger partial charge in [-0.1, -0.05) is 23.7 Å². The number of hydrogen-bond donors (Lipinski definition) is 1. The number of amides is 1. The number of nitrogens with one attached hydrogen (secondary N) is 1. The normalized spacial score (nSPS) is 16.3. The van der Waals surface area contributed by atoms with Gasteiger partial charge in [-0.15, -0.1) is 5.10 Å². The highest BCUT2D eigenvalue weighted by Crippen LogP contribution is 2.50. The van der Waals surface area contributed by atoms with Crippen molar-refractivity contribution in [2.75, 3.05) is 27.5 Å². The summed E-state index contributed by atoms with van der Waals surface area (Å²) in [6, 6.07) is 15.8. The molecule has 0 radical (unpaired) electrons. The minimum Gasteiger partial charge on any atom is -0.492 e. The van der Waals surface area contributed by atoms with E-state index in [1.54, 1.807) is 54.4 Å². The molecule has 3 aromatic carbocycles. The smallest absolute Gasteiger partial charge is 0.271 e. The highest BCUT2D eigenvalue weighted by Gasteiger charge is 2.37. The van der Waals surface area contributed by atoms with Crippen LogP contribution in [0.5, 0.6) is 17.2 Å². The summed E-state index contributed by atoms with van der Waals surface area (Å²) in [5, 5.41) is 17.3. The second kappa shape index (κ2) is 10.4. The molecule has 0 unspecified atom stereocenters. The number of tetrazole rings is 1. The third-order valence-corrected chi connectivity index (χ3v) is 7.01. The Bertz CT molecular complexity index is 1550. The topological polar surface area (TPSA) is 116 Å². The summed E-state index contributed by atoms with van der Waals surface area (Å²) >= 11 is 5.90. The van der Waals surface area contributed by atoms with Gasteiger partial charge >= 0.3 is 0 Å². The average Bonchev–Trinajstić information content (AvgIpc) is 3.63. The molecule has 0 spiro atoms. The Hall–Kier alpha value is -4.48. The molecule has 0 saturated carbocycles. The van der Waals surface area contributed by atoms with E-state index in [2.05, 4.69) is 31.0 Å². The van der Waals surface area contributed by atoms with E-state index in [1.807, 2.05) is 25.2 Å². The predicted octanol–water partition coefficient (Wildman–Crippen LogP) is 3.39. The van der Waals surface area contributed by atoms with E-state index >= 15 is 0 Å². The zero-order valence-electron chi connectivity index (χ0n) is 21.2. The number of likely N-dealkylation sites (N-methyl/N-ethyl adjacent to an activating group) is 1. The van der Waals surface area contributed by atoms with E-state index in [0.29, 0.717) is 39.3 Å². The number of methoxy groups -OCH3 is 1. The van der Waals surface area contributed by atoms with Crippen LogP contribution in [0.3, 0.4) is 0 Å². The highest BCUT2D eigenvalue weighted by molar-refractivity contribution is 6.30. The molecule has 1 N–H and O–H groups in total. The Morgan fingerprint density at radius 1 is 1.18 bits per heavy atom. The maximum Gasteiger partial charge on any atom is 0.271 e. The number of fused-ring (bicyclic) bond motifs is 2. The van der Waals surface area contributed by atoms with Crippen molar-refractivity contribution in [2.24, 2.45) is 5.10 Å². The third kappa shape index (κ3) is 4.66. The van der Waals surface area contributed by atoms with Crippen molar-refractivity contribution in [1.82, 2.24) is 30.5 Å². The maximum absolute atomic E-state index is 12.6. The fourth-order valence-corrected chi connectivity index (χ4v) is 4.97. The second-order valence-electron chi connectivity index (χ2n) is 9.10. The van der Waals surface area contributed by atoms with Crippen LogP contribution in [0.15, 0.2) is 59.7 Å². The van der Waals surface area contributed by atoms with E-state index in [9.17, 15) is 4.79 Å². The molecule has 6 rings (SSSR count). The Morgan fingerprint density at radius 3 is 2.74 bits per heavy atom. The lowest BCUT2D eigenvalue weighted by molar-refractivity contribution is 0.0955. The van der Waals surface area contributed by atoms with Crippen LogP contribution in [0.1, 0.15) is 38.9 Å². The zero-order chi connectivity index (χ0) is 26.9. The van der Waals surface area contributed by atoms with Crippen LogP contribution in [0.2, 0.25) is 5.02 Å². The summed E-state index contributed by atoms with van der Waals surface area (Å²) in [5.41, 5.74) is 6.54. The van der Waals surface area contributed by atoms with E-state index in [0.717, 1.165) is 29.7 Å². The molecule has 11 nitrogen and oxygen atoms in total. The van der Waals surface area contributed by atoms with Gasteiger partial charge in [0.05, 0.1) is 19.0 Å². The molecule has 2 aliphatic heterocycles. The molecule has 1 atom stereocenters. The molecule has 0 aliphatic carbocycles. The minimum atomic E-state index is -0.342. The quantitative estimate of drug-likeness (QED) is 0.289. The monoisotopic (exact) mass is 545 g/mol. The van der Waals surface area contributed by atoms with Gasteiger partial charge in [0.15, 0.2) is 17.3 Å². The Morgan fingerprint density at radius 2 is 1.97 bits per heavy atom. The molecule has 4 aromatic rings. The number of benzene rings is 3. The van der Waals surface area contributed by atoms with Crippen molar-refractivity contribution < 1.29 is 19.0 Å². The van der Waals surface area contributed by atoms with Gasteiger partial charge < -0.3 is 14.2 Å². The summed E-state index contributed by atoms with van der Waals surface area (Å²) < 4.78 is 18.8. The number of halogens is 1. The predicted molar refractivity (Wildman–Crippen MR) is 143 cm³/mol. The van der Waals surface area contributed by atoms with E-state index in [4.69, 9.17) is 25.8 Å². The molecular weight excluding hydrogens is 522 g/mol. The van der Waals surface area contributed by atoms with Crippen molar-refractivity contribution in [3.8, 4) is 22.9 Å². The second-order valence-corrected chi connectivity index (χ2v) is 9.53. The summed E-state index contributed by atoms with van der Waals surface area (Å²) in [6.07, 6.45) is 2.37. The lowest BCUT2D eigenvalue weighted by Gasteiger charge is -2.34. The first-order chi connectivity index (χ1) is 19.0. The molecular formula is C27H24ClN7O4. The minimum absolute atomic E-state index is 0.152. The Balaban J connectivity index is 1.26. The van der Waals surface area contributed by atoms with Gasteiger partial charge in [0, 0.05) is 22.7 Å².